The lowest BCUT2D eigenvalue weighted by Gasteiger charge is -2.11. The van der Waals surface area contributed by atoms with Gasteiger partial charge in [-0.3, -0.25) is 4.79 Å². The van der Waals surface area contributed by atoms with Crippen LogP contribution in [0.4, 0.5) is 0 Å². The molecule has 0 saturated carbocycles. The molecule has 2 unspecified atom stereocenters. The van der Waals surface area contributed by atoms with E-state index in [9.17, 15) is 15.0 Å². The second kappa shape index (κ2) is 13.5. The molecule has 1 aromatic carbocycles. The third-order valence-corrected chi connectivity index (χ3v) is 4.55. The van der Waals surface area contributed by atoms with Crippen LogP contribution in [-0.4, -0.2) is 27.4 Å². The van der Waals surface area contributed by atoms with Crippen LogP contribution in [0.2, 0.25) is 0 Å². The average molecular weight is 363 g/mol. The van der Waals surface area contributed by atoms with Crippen LogP contribution in [-0.2, 0) is 4.79 Å². The van der Waals surface area contributed by atoms with Crippen LogP contribution in [0.5, 0.6) is 0 Å². The molecule has 0 bridgehead atoms. The maximum Gasteiger partial charge on any atom is 0.303 e. The average Bonchev–Trinajstić information content (AvgIpc) is 2.63. The predicted molar refractivity (Wildman–Crippen MR) is 106 cm³/mol. The van der Waals surface area contributed by atoms with Gasteiger partial charge in [0.05, 0.1) is 12.2 Å². The van der Waals surface area contributed by atoms with Gasteiger partial charge in [0.1, 0.15) is 0 Å². The van der Waals surface area contributed by atoms with Gasteiger partial charge in [0.2, 0.25) is 0 Å². The van der Waals surface area contributed by atoms with Crippen molar-refractivity contribution in [3.8, 4) is 0 Å². The van der Waals surface area contributed by atoms with Gasteiger partial charge in [0.25, 0.3) is 0 Å². The normalized spacial score (nSPS) is 13.8. The smallest absolute Gasteiger partial charge is 0.303 e. The zero-order valence-corrected chi connectivity index (χ0v) is 15.9. The highest BCUT2D eigenvalue weighted by Gasteiger charge is 2.07. The van der Waals surface area contributed by atoms with Gasteiger partial charge in [0.15, 0.2) is 0 Å². The van der Waals surface area contributed by atoms with E-state index in [1.54, 1.807) is 6.08 Å². The number of aliphatic carboxylic acids is 1. The Balaban J connectivity index is 2.33. The summed E-state index contributed by atoms with van der Waals surface area (Å²) in [7, 11) is 0. The fourth-order valence-corrected chi connectivity index (χ4v) is 2.89. The van der Waals surface area contributed by atoms with Crippen molar-refractivity contribution in [2.75, 3.05) is 0 Å². The molecule has 2 atom stereocenters. The number of carboxylic acid groups (broad SMARTS) is 1. The van der Waals surface area contributed by atoms with Crippen LogP contribution in [0.3, 0.4) is 0 Å². The van der Waals surface area contributed by atoms with Crippen LogP contribution in [0.15, 0.2) is 30.3 Å². The lowest BCUT2D eigenvalue weighted by molar-refractivity contribution is -0.137. The summed E-state index contributed by atoms with van der Waals surface area (Å²) in [6, 6.07) is 7.72. The van der Waals surface area contributed by atoms with Gasteiger partial charge in [-0.1, -0.05) is 81.9 Å². The van der Waals surface area contributed by atoms with E-state index >= 15 is 0 Å². The maximum atomic E-state index is 10.5. The molecule has 26 heavy (non-hydrogen) atoms. The largest absolute Gasteiger partial charge is 0.481 e. The van der Waals surface area contributed by atoms with Crippen LogP contribution >= 0.6 is 0 Å². The Morgan fingerprint density at radius 1 is 0.962 bits per heavy atom. The minimum Gasteiger partial charge on any atom is -0.481 e. The summed E-state index contributed by atoms with van der Waals surface area (Å²) in [5.74, 6) is -0.837. The molecule has 4 nitrogen and oxygen atoms in total. The lowest BCUT2D eigenvalue weighted by atomic mass is 10.0. The van der Waals surface area contributed by atoms with Crippen molar-refractivity contribution < 1.29 is 20.1 Å². The second-order valence-electron chi connectivity index (χ2n) is 6.95. The zero-order chi connectivity index (χ0) is 19.2. The van der Waals surface area contributed by atoms with E-state index < -0.39 is 18.2 Å². The quantitative estimate of drug-likeness (QED) is 0.402. The molecule has 0 saturated heterocycles. The standard InChI is InChI=1S/C22H34O4/c1-2-3-4-5-6-7-10-21(24)19-15-12-18(13-16-19)14-17-20(23)9-8-11-22(25)26/h12-17,20-21,23-24H,2-11H2,1H3,(H,25,26). The van der Waals surface area contributed by atoms with E-state index in [0.29, 0.717) is 12.8 Å². The molecule has 0 amide bonds. The molecule has 146 valence electrons. The van der Waals surface area contributed by atoms with Crippen LogP contribution in [0.25, 0.3) is 6.08 Å². The zero-order valence-electron chi connectivity index (χ0n) is 15.9. The molecule has 0 aliphatic rings. The fourth-order valence-electron chi connectivity index (χ4n) is 2.89. The topological polar surface area (TPSA) is 77.8 Å². The lowest BCUT2D eigenvalue weighted by Crippen LogP contribution is -2.03. The van der Waals surface area contributed by atoms with E-state index in [-0.39, 0.29) is 6.42 Å². The van der Waals surface area contributed by atoms with Crippen molar-refractivity contribution in [1.29, 1.82) is 0 Å². The summed E-state index contributed by atoms with van der Waals surface area (Å²) in [5, 5.41) is 28.7. The van der Waals surface area contributed by atoms with E-state index in [1.807, 2.05) is 30.3 Å². The Morgan fingerprint density at radius 2 is 1.62 bits per heavy atom. The number of carbonyl (C=O) groups is 1. The van der Waals surface area contributed by atoms with Crippen molar-refractivity contribution in [2.24, 2.45) is 0 Å². The summed E-state index contributed by atoms with van der Waals surface area (Å²) in [6.45, 7) is 2.21. The number of hydrogen-bond acceptors (Lipinski definition) is 3. The fraction of sp³-hybridized carbons (Fsp3) is 0.591. The first-order chi connectivity index (χ1) is 12.5. The molecule has 0 radical (unpaired) electrons. The summed E-state index contributed by atoms with van der Waals surface area (Å²) in [5.41, 5.74) is 1.88. The number of aliphatic hydroxyl groups is 2. The van der Waals surface area contributed by atoms with E-state index in [1.165, 1.54) is 32.1 Å². The second-order valence-corrected chi connectivity index (χ2v) is 6.95. The Labute approximate surface area is 157 Å². The minimum atomic E-state index is -0.837. The SMILES string of the molecule is CCCCCCCCC(O)c1ccc(C=CC(O)CCCC(=O)O)cc1. The van der Waals surface area contributed by atoms with E-state index in [0.717, 1.165) is 24.0 Å². The molecule has 4 heteroatoms. The molecule has 1 aromatic rings. The van der Waals surface area contributed by atoms with Gasteiger partial charge in [0, 0.05) is 6.42 Å². The number of aliphatic hydroxyl groups excluding tert-OH is 2. The van der Waals surface area contributed by atoms with Crippen LogP contribution < -0.4 is 0 Å². The molecule has 0 aliphatic carbocycles. The van der Waals surface area contributed by atoms with Crippen molar-refractivity contribution in [3.05, 3.63) is 41.5 Å². The van der Waals surface area contributed by atoms with Crippen LogP contribution in [0.1, 0.15) is 88.4 Å². The van der Waals surface area contributed by atoms with E-state index in [2.05, 4.69) is 6.92 Å². The first kappa shape index (κ1) is 22.4. The molecule has 1 rings (SSSR count). The maximum absolute atomic E-state index is 10.5. The van der Waals surface area contributed by atoms with Crippen molar-refractivity contribution in [3.63, 3.8) is 0 Å². The third-order valence-electron chi connectivity index (χ3n) is 4.55. The van der Waals surface area contributed by atoms with Crippen molar-refractivity contribution in [2.45, 2.75) is 83.3 Å². The number of rotatable bonds is 14. The van der Waals surface area contributed by atoms with Crippen LogP contribution in [0, 0.1) is 0 Å². The summed E-state index contributed by atoms with van der Waals surface area (Å²) in [4.78, 5) is 10.5. The summed E-state index contributed by atoms with van der Waals surface area (Å²) in [6.07, 6.45) is 11.6. The minimum absolute atomic E-state index is 0.0795. The number of benzene rings is 1. The Bertz CT molecular complexity index is 521. The number of unbranched alkanes of at least 4 members (excludes halogenated alkanes) is 5. The molecule has 0 aliphatic heterocycles. The summed E-state index contributed by atoms with van der Waals surface area (Å²) < 4.78 is 0. The van der Waals surface area contributed by atoms with Gasteiger partial charge in [-0.25, -0.2) is 0 Å². The van der Waals surface area contributed by atoms with Crippen molar-refractivity contribution in [1.82, 2.24) is 0 Å². The third kappa shape index (κ3) is 10.4. The molecule has 0 aromatic heterocycles. The Kier molecular flexibility index (Phi) is 11.7. The molecule has 0 spiro atoms. The van der Waals surface area contributed by atoms with Gasteiger partial charge < -0.3 is 15.3 Å². The molecular weight excluding hydrogens is 328 g/mol. The number of carboxylic acids is 1. The Morgan fingerprint density at radius 3 is 2.27 bits per heavy atom. The van der Waals surface area contributed by atoms with E-state index in [4.69, 9.17) is 5.11 Å². The highest BCUT2D eigenvalue weighted by atomic mass is 16.4. The van der Waals surface area contributed by atoms with Gasteiger partial charge in [-0.15, -0.1) is 0 Å². The van der Waals surface area contributed by atoms with Crippen molar-refractivity contribution >= 4 is 12.0 Å². The molecule has 0 heterocycles. The monoisotopic (exact) mass is 362 g/mol. The first-order valence-electron chi connectivity index (χ1n) is 9.89. The van der Waals surface area contributed by atoms with Gasteiger partial charge in [-0.05, 0) is 30.4 Å². The predicted octanol–water partition coefficient (Wildman–Crippen LogP) is 5.10. The Hall–Kier alpha value is -1.65. The molecule has 3 N–H and O–H groups in total. The summed E-state index contributed by atoms with van der Waals surface area (Å²) >= 11 is 0. The highest BCUT2D eigenvalue weighted by Crippen LogP contribution is 2.21. The van der Waals surface area contributed by atoms with Gasteiger partial charge >= 0.3 is 5.97 Å². The molecular formula is C22H34O4. The van der Waals surface area contributed by atoms with Gasteiger partial charge in [-0.2, -0.15) is 0 Å². The first-order valence-corrected chi connectivity index (χ1v) is 9.89. The molecule has 0 fully saturated rings. The number of hydrogen-bond donors (Lipinski definition) is 3. The highest BCUT2D eigenvalue weighted by molar-refractivity contribution is 5.66.